The highest BCUT2D eigenvalue weighted by Gasteiger charge is 2.20. The number of esters is 1. The Bertz CT molecular complexity index is 616. The van der Waals surface area contributed by atoms with Crippen molar-refractivity contribution < 1.29 is 19.0 Å². The Kier molecular flexibility index (Phi) is 2.74. The summed E-state index contributed by atoms with van der Waals surface area (Å²) < 4.78 is 15.5. The molecule has 1 aromatic carbocycles. The topological polar surface area (TPSA) is 57.1 Å². The van der Waals surface area contributed by atoms with E-state index < -0.39 is 0 Å². The number of carbonyl (C=O) groups excluding carboxylic acids is 1. The average molecular weight is 259 g/mol. The molecule has 0 unspecified atom stereocenters. The van der Waals surface area contributed by atoms with Crippen LogP contribution in [0.2, 0.25) is 0 Å². The van der Waals surface area contributed by atoms with E-state index in [-0.39, 0.29) is 12.8 Å². The van der Waals surface area contributed by atoms with E-state index in [9.17, 15) is 4.79 Å². The van der Waals surface area contributed by atoms with Crippen LogP contribution in [0.25, 0.3) is 6.08 Å². The highest BCUT2D eigenvalue weighted by molar-refractivity contribution is 6.03. The van der Waals surface area contributed by atoms with Crippen LogP contribution in [0.15, 0.2) is 22.7 Å². The monoisotopic (exact) mass is 259 g/mol. The summed E-state index contributed by atoms with van der Waals surface area (Å²) >= 11 is 0. The normalized spacial score (nSPS) is 16.1. The third kappa shape index (κ3) is 2.07. The van der Waals surface area contributed by atoms with Crippen LogP contribution in [0.5, 0.6) is 11.5 Å². The standard InChI is InChI=1S/C14H13NO4/c1-8-3-10(14(16)17-2)4-9-5-12-13(19-7-18-12)6-11(9)15-8/h4-6H,3,7H2,1-2H3. The third-order valence-corrected chi connectivity index (χ3v) is 3.06. The van der Waals surface area contributed by atoms with Crippen LogP contribution in [-0.2, 0) is 9.53 Å². The van der Waals surface area contributed by atoms with Gasteiger partial charge in [-0.15, -0.1) is 0 Å². The van der Waals surface area contributed by atoms with Crippen LogP contribution in [0.1, 0.15) is 18.9 Å². The number of fused-ring (bicyclic) bond motifs is 2. The zero-order chi connectivity index (χ0) is 13.4. The quantitative estimate of drug-likeness (QED) is 0.727. The lowest BCUT2D eigenvalue weighted by molar-refractivity contribution is -0.136. The molecule has 1 aromatic rings. The maximum atomic E-state index is 11.7. The van der Waals surface area contributed by atoms with E-state index in [2.05, 4.69) is 4.99 Å². The maximum Gasteiger partial charge on any atom is 0.334 e. The number of hydrogen-bond donors (Lipinski definition) is 0. The van der Waals surface area contributed by atoms with Gasteiger partial charge in [-0.1, -0.05) is 0 Å². The van der Waals surface area contributed by atoms with Crippen molar-refractivity contribution in [2.45, 2.75) is 13.3 Å². The highest BCUT2D eigenvalue weighted by atomic mass is 16.7. The van der Waals surface area contributed by atoms with Gasteiger partial charge in [0.1, 0.15) is 0 Å². The zero-order valence-electron chi connectivity index (χ0n) is 10.7. The second-order valence-corrected chi connectivity index (χ2v) is 4.45. The average Bonchev–Trinajstić information content (AvgIpc) is 2.77. The number of nitrogens with zero attached hydrogens (tertiary/aromatic N) is 1. The summed E-state index contributed by atoms with van der Waals surface area (Å²) in [5.74, 6) is 1.03. The van der Waals surface area contributed by atoms with E-state index in [1.165, 1.54) is 7.11 Å². The minimum absolute atomic E-state index is 0.217. The Morgan fingerprint density at radius 2 is 2.05 bits per heavy atom. The van der Waals surface area contributed by atoms with Crippen molar-refractivity contribution in [3.8, 4) is 11.5 Å². The first-order valence-electron chi connectivity index (χ1n) is 5.94. The van der Waals surface area contributed by atoms with E-state index in [4.69, 9.17) is 14.2 Å². The molecule has 0 atom stereocenters. The van der Waals surface area contributed by atoms with Crippen LogP contribution in [-0.4, -0.2) is 25.6 Å². The molecule has 0 saturated carbocycles. The van der Waals surface area contributed by atoms with Gasteiger partial charge in [0, 0.05) is 29.3 Å². The van der Waals surface area contributed by atoms with E-state index >= 15 is 0 Å². The Labute approximate surface area is 110 Å². The van der Waals surface area contributed by atoms with E-state index in [1.807, 2.05) is 19.1 Å². The molecule has 0 fully saturated rings. The predicted octanol–water partition coefficient (Wildman–Crippen LogP) is 2.47. The first-order chi connectivity index (χ1) is 9.17. The molecule has 2 heterocycles. The third-order valence-electron chi connectivity index (χ3n) is 3.06. The number of benzene rings is 1. The second kappa shape index (κ2) is 4.42. The minimum Gasteiger partial charge on any atom is -0.466 e. The molecular formula is C14H13NO4. The van der Waals surface area contributed by atoms with Gasteiger partial charge in [-0.3, -0.25) is 4.99 Å². The number of aliphatic imine (C=N–C) groups is 1. The van der Waals surface area contributed by atoms with E-state index in [0.29, 0.717) is 23.5 Å². The smallest absolute Gasteiger partial charge is 0.334 e. The minimum atomic E-state index is -0.333. The van der Waals surface area contributed by atoms with E-state index in [0.717, 1.165) is 17.0 Å². The Morgan fingerprint density at radius 3 is 2.79 bits per heavy atom. The summed E-state index contributed by atoms with van der Waals surface area (Å²) in [7, 11) is 1.38. The number of ether oxygens (including phenoxy) is 3. The zero-order valence-corrected chi connectivity index (χ0v) is 10.7. The Morgan fingerprint density at radius 1 is 1.32 bits per heavy atom. The van der Waals surface area contributed by atoms with Gasteiger partial charge in [-0.05, 0) is 19.1 Å². The lowest BCUT2D eigenvalue weighted by atomic mass is 10.1. The van der Waals surface area contributed by atoms with Crippen molar-refractivity contribution in [2.75, 3.05) is 13.9 Å². The largest absolute Gasteiger partial charge is 0.466 e. The number of methoxy groups -OCH3 is 1. The second-order valence-electron chi connectivity index (χ2n) is 4.45. The molecule has 0 saturated heterocycles. The summed E-state index contributed by atoms with van der Waals surface area (Å²) in [6.45, 7) is 2.10. The van der Waals surface area contributed by atoms with Crippen LogP contribution in [0.4, 0.5) is 5.69 Å². The summed E-state index contributed by atoms with van der Waals surface area (Å²) in [5.41, 5.74) is 3.05. The SMILES string of the molecule is COC(=O)C1=Cc2cc3c(cc2N=C(C)C1)OCO3. The van der Waals surface area contributed by atoms with Gasteiger partial charge >= 0.3 is 5.97 Å². The summed E-state index contributed by atoms with van der Waals surface area (Å²) in [6, 6.07) is 3.67. The molecule has 19 heavy (non-hydrogen) atoms. The molecule has 0 spiro atoms. The molecule has 0 aromatic heterocycles. The number of rotatable bonds is 1. The Balaban J connectivity index is 2.13. The van der Waals surface area contributed by atoms with Gasteiger partial charge < -0.3 is 14.2 Å². The molecule has 2 aliphatic rings. The van der Waals surface area contributed by atoms with Crippen molar-refractivity contribution in [2.24, 2.45) is 4.99 Å². The van der Waals surface area contributed by atoms with Gasteiger partial charge in [0.05, 0.1) is 12.8 Å². The Hall–Kier alpha value is -2.30. The number of carbonyl (C=O) groups is 1. The molecule has 5 heteroatoms. The lowest BCUT2D eigenvalue weighted by Crippen LogP contribution is -2.07. The summed E-state index contributed by atoms with van der Waals surface area (Å²) in [6.07, 6.45) is 2.27. The molecule has 3 rings (SSSR count). The molecule has 2 aliphatic heterocycles. The van der Waals surface area contributed by atoms with Gasteiger partial charge in [-0.25, -0.2) is 4.79 Å². The van der Waals surface area contributed by atoms with Crippen molar-refractivity contribution in [1.82, 2.24) is 0 Å². The molecule has 0 amide bonds. The van der Waals surface area contributed by atoms with Gasteiger partial charge in [0.15, 0.2) is 11.5 Å². The maximum absolute atomic E-state index is 11.7. The summed E-state index contributed by atoms with van der Waals surface area (Å²) in [5, 5.41) is 0. The molecule has 0 radical (unpaired) electrons. The van der Waals surface area contributed by atoms with Gasteiger partial charge in [-0.2, -0.15) is 0 Å². The first-order valence-corrected chi connectivity index (χ1v) is 5.94. The first kappa shape index (κ1) is 11.8. The fourth-order valence-electron chi connectivity index (χ4n) is 2.18. The molecule has 0 aliphatic carbocycles. The van der Waals surface area contributed by atoms with Crippen LogP contribution >= 0.6 is 0 Å². The highest BCUT2D eigenvalue weighted by Crippen LogP contribution is 2.40. The van der Waals surface area contributed by atoms with Crippen molar-refractivity contribution in [1.29, 1.82) is 0 Å². The number of hydrogen-bond acceptors (Lipinski definition) is 5. The predicted molar refractivity (Wildman–Crippen MR) is 69.9 cm³/mol. The van der Waals surface area contributed by atoms with Crippen LogP contribution < -0.4 is 9.47 Å². The van der Waals surface area contributed by atoms with Crippen molar-refractivity contribution in [3.05, 3.63) is 23.3 Å². The molecule has 0 N–H and O–H groups in total. The van der Waals surface area contributed by atoms with Crippen LogP contribution in [0, 0.1) is 0 Å². The van der Waals surface area contributed by atoms with Gasteiger partial charge in [0.25, 0.3) is 0 Å². The molecule has 0 bridgehead atoms. The summed E-state index contributed by atoms with van der Waals surface area (Å²) in [4.78, 5) is 16.2. The van der Waals surface area contributed by atoms with Crippen molar-refractivity contribution in [3.63, 3.8) is 0 Å². The molecular weight excluding hydrogens is 246 g/mol. The molecule has 5 nitrogen and oxygen atoms in total. The fourth-order valence-corrected chi connectivity index (χ4v) is 2.18. The van der Waals surface area contributed by atoms with E-state index in [1.54, 1.807) is 6.08 Å². The molecule has 98 valence electrons. The fraction of sp³-hybridized carbons (Fsp3) is 0.286. The lowest BCUT2D eigenvalue weighted by Gasteiger charge is -2.03. The van der Waals surface area contributed by atoms with Crippen LogP contribution in [0.3, 0.4) is 0 Å². The van der Waals surface area contributed by atoms with Crippen molar-refractivity contribution >= 4 is 23.4 Å². The van der Waals surface area contributed by atoms with Gasteiger partial charge in [0.2, 0.25) is 6.79 Å².